The van der Waals surface area contributed by atoms with Crippen LogP contribution in [0, 0.1) is 13.8 Å². The molecule has 0 saturated carbocycles. The Morgan fingerprint density at radius 2 is 1.71 bits per heavy atom. The first-order valence-electron chi connectivity index (χ1n) is 8.61. The summed E-state index contributed by atoms with van der Waals surface area (Å²) in [6.45, 7) is 17.0. The highest BCUT2D eigenvalue weighted by molar-refractivity contribution is 7.83. The summed E-state index contributed by atoms with van der Waals surface area (Å²) in [4.78, 5) is 0. The first kappa shape index (κ1) is 25.0. The molecule has 2 heteroatoms. The molecule has 136 valence electrons. The molecule has 0 heterocycles. The summed E-state index contributed by atoms with van der Waals surface area (Å²) in [5, 5.41) is 1.78. The number of thiol groups is 1. The summed E-state index contributed by atoms with van der Waals surface area (Å²) >= 11 is 3.97. The largest absolute Gasteiger partial charge is 0.380 e. The van der Waals surface area contributed by atoms with Crippen molar-refractivity contribution in [3.63, 3.8) is 0 Å². The minimum atomic E-state index is 0.747. The van der Waals surface area contributed by atoms with Gasteiger partial charge in [0.25, 0.3) is 0 Å². The van der Waals surface area contributed by atoms with E-state index in [0.29, 0.717) is 0 Å². The molecule has 0 saturated heterocycles. The van der Waals surface area contributed by atoms with Crippen molar-refractivity contribution >= 4 is 18.2 Å². The van der Waals surface area contributed by atoms with Gasteiger partial charge in [0.05, 0.1) is 6.61 Å². The molecule has 0 N–H and O–H groups in total. The average Bonchev–Trinajstić information content (AvgIpc) is 2.55. The fourth-order valence-corrected chi connectivity index (χ4v) is 2.20. The van der Waals surface area contributed by atoms with E-state index in [1.807, 2.05) is 33.8 Å². The summed E-state index contributed by atoms with van der Waals surface area (Å²) in [7, 11) is 1.72. The number of ether oxygens (including phenoxy) is 1. The van der Waals surface area contributed by atoms with E-state index in [9.17, 15) is 0 Å². The van der Waals surface area contributed by atoms with Gasteiger partial charge < -0.3 is 4.74 Å². The molecule has 1 nitrogen and oxygen atoms in total. The van der Waals surface area contributed by atoms with Crippen LogP contribution in [0.1, 0.15) is 57.2 Å². The molecule has 1 rings (SSSR count). The van der Waals surface area contributed by atoms with E-state index in [-0.39, 0.29) is 0 Å². The van der Waals surface area contributed by atoms with Gasteiger partial charge >= 0.3 is 0 Å². The van der Waals surface area contributed by atoms with Crippen LogP contribution >= 0.6 is 12.6 Å². The SMILES string of the molecule is C/C=C(\CC/C=C/S)COC.C=C(C)c1cc(C)cc(C)c1.CC. The quantitative estimate of drug-likeness (QED) is 0.423. The van der Waals surface area contributed by atoms with Gasteiger partial charge in [-0.25, -0.2) is 0 Å². The summed E-state index contributed by atoms with van der Waals surface area (Å²) < 4.78 is 5.01. The Hall–Kier alpha value is -1.25. The van der Waals surface area contributed by atoms with Crippen molar-refractivity contribution < 1.29 is 4.74 Å². The average molecular weight is 349 g/mol. The zero-order chi connectivity index (χ0) is 19.0. The molecule has 0 aliphatic heterocycles. The van der Waals surface area contributed by atoms with Crippen molar-refractivity contribution in [3.05, 3.63) is 64.6 Å². The second-order valence-corrected chi connectivity index (χ2v) is 5.76. The summed E-state index contributed by atoms with van der Waals surface area (Å²) in [5.41, 5.74) is 6.35. The van der Waals surface area contributed by atoms with Gasteiger partial charge in [-0.2, -0.15) is 12.6 Å². The highest BCUT2D eigenvalue weighted by Crippen LogP contribution is 2.15. The molecule has 0 fully saturated rings. The second-order valence-electron chi connectivity index (χ2n) is 5.46. The van der Waals surface area contributed by atoms with Crippen LogP contribution in [0.2, 0.25) is 0 Å². The van der Waals surface area contributed by atoms with Crippen LogP contribution in [0.5, 0.6) is 0 Å². The molecule has 0 aromatic heterocycles. The third kappa shape index (κ3) is 13.2. The van der Waals surface area contributed by atoms with Gasteiger partial charge in [0.15, 0.2) is 0 Å². The van der Waals surface area contributed by atoms with Crippen LogP contribution in [0.15, 0.2) is 47.9 Å². The lowest BCUT2D eigenvalue weighted by molar-refractivity contribution is 0.223. The molecule has 0 spiro atoms. The van der Waals surface area contributed by atoms with E-state index in [2.05, 4.69) is 57.3 Å². The predicted octanol–water partition coefficient (Wildman–Crippen LogP) is 7.17. The van der Waals surface area contributed by atoms with E-state index in [1.165, 1.54) is 22.3 Å². The van der Waals surface area contributed by atoms with Crippen molar-refractivity contribution in [2.45, 2.75) is 54.4 Å². The summed E-state index contributed by atoms with van der Waals surface area (Å²) in [5.74, 6) is 0. The summed E-state index contributed by atoms with van der Waals surface area (Å²) in [6.07, 6.45) is 6.27. The van der Waals surface area contributed by atoms with Crippen molar-refractivity contribution in [2.75, 3.05) is 13.7 Å². The third-order valence-corrected chi connectivity index (χ3v) is 3.40. The lowest BCUT2D eigenvalue weighted by Gasteiger charge is -2.02. The highest BCUT2D eigenvalue weighted by atomic mass is 32.1. The maximum atomic E-state index is 5.01. The minimum absolute atomic E-state index is 0.747. The Morgan fingerprint density at radius 3 is 2.08 bits per heavy atom. The van der Waals surface area contributed by atoms with E-state index < -0.39 is 0 Å². The molecule has 0 bridgehead atoms. The van der Waals surface area contributed by atoms with Crippen LogP contribution in [0.4, 0.5) is 0 Å². The van der Waals surface area contributed by atoms with Crippen LogP contribution in [-0.2, 0) is 4.74 Å². The number of methoxy groups -OCH3 is 1. The van der Waals surface area contributed by atoms with Crippen LogP contribution in [-0.4, -0.2) is 13.7 Å². The predicted molar refractivity (Wildman–Crippen MR) is 115 cm³/mol. The number of hydrogen-bond donors (Lipinski definition) is 1. The first-order chi connectivity index (χ1) is 11.4. The van der Waals surface area contributed by atoms with E-state index in [4.69, 9.17) is 4.74 Å². The molecular formula is C22H36OS. The molecular weight excluding hydrogens is 312 g/mol. The maximum Gasteiger partial charge on any atom is 0.0673 e. The first-order valence-corrected chi connectivity index (χ1v) is 9.12. The Labute approximate surface area is 155 Å². The molecule has 24 heavy (non-hydrogen) atoms. The molecule has 1 aromatic rings. The zero-order valence-electron chi connectivity index (χ0n) is 16.6. The Balaban J connectivity index is 0. The number of hydrogen-bond acceptors (Lipinski definition) is 2. The third-order valence-electron chi connectivity index (χ3n) is 3.19. The van der Waals surface area contributed by atoms with Gasteiger partial charge in [-0.1, -0.05) is 67.5 Å². The lowest BCUT2D eigenvalue weighted by atomic mass is 10.0. The zero-order valence-corrected chi connectivity index (χ0v) is 17.5. The van der Waals surface area contributed by atoms with E-state index in [1.54, 1.807) is 12.5 Å². The van der Waals surface area contributed by atoms with E-state index >= 15 is 0 Å². The fraction of sp³-hybridized carbons (Fsp3) is 0.455. The van der Waals surface area contributed by atoms with Crippen LogP contribution in [0.3, 0.4) is 0 Å². The molecule has 0 amide bonds. The van der Waals surface area contributed by atoms with Crippen molar-refractivity contribution in [1.82, 2.24) is 0 Å². The molecule has 0 unspecified atom stereocenters. The van der Waals surface area contributed by atoms with Crippen molar-refractivity contribution in [2.24, 2.45) is 0 Å². The van der Waals surface area contributed by atoms with Crippen molar-refractivity contribution in [3.8, 4) is 0 Å². The Kier molecular flexibility index (Phi) is 17.3. The van der Waals surface area contributed by atoms with Gasteiger partial charge in [0.1, 0.15) is 0 Å². The number of allylic oxidation sites excluding steroid dienone is 3. The minimum Gasteiger partial charge on any atom is -0.380 e. The van der Waals surface area contributed by atoms with Crippen molar-refractivity contribution in [1.29, 1.82) is 0 Å². The molecule has 0 atom stereocenters. The van der Waals surface area contributed by atoms with Gasteiger partial charge in [-0.3, -0.25) is 0 Å². The number of aryl methyl sites for hydroxylation is 2. The molecule has 1 aromatic carbocycles. The highest BCUT2D eigenvalue weighted by Gasteiger charge is 1.94. The van der Waals surface area contributed by atoms with Gasteiger partial charge in [-0.05, 0) is 57.1 Å². The van der Waals surface area contributed by atoms with Crippen LogP contribution in [0.25, 0.3) is 5.57 Å². The fourth-order valence-electron chi connectivity index (χ4n) is 2.05. The molecule has 0 aliphatic rings. The Bertz CT molecular complexity index is 492. The van der Waals surface area contributed by atoms with Gasteiger partial charge in [0.2, 0.25) is 0 Å². The van der Waals surface area contributed by atoms with Crippen LogP contribution < -0.4 is 0 Å². The smallest absolute Gasteiger partial charge is 0.0673 e. The van der Waals surface area contributed by atoms with Gasteiger partial charge in [0, 0.05) is 7.11 Å². The lowest BCUT2D eigenvalue weighted by Crippen LogP contribution is -1.93. The van der Waals surface area contributed by atoms with E-state index in [0.717, 1.165) is 25.0 Å². The molecule has 0 radical (unpaired) electrons. The number of benzene rings is 1. The Morgan fingerprint density at radius 1 is 1.17 bits per heavy atom. The molecule has 0 aliphatic carbocycles. The standard InChI is InChI=1S/C11H14.C9H16OS.C2H6/c1-8(2)11-6-9(3)5-10(4)7-11;1-3-9(8-10-2)6-4-5-7-11;1-2/h5-7H,1H2,2-4H3;3,5,7,11H,4,6,8H2,1-2H3;1-2H3/b;7-5+,9-3+;. The second kappa shape index (κ2) is 16.6. The summed E-state index contributed by atoms with van der Waals surface area (Å²) in [6, 6.07) is 6.50. The van der Waals surface area contributed by atoms with Gasteiger partial charge in [-0.15, -0.1) is 0 Å². The normalized spacial score (nSPS) is 10.6. The maximum absolute atomic E-state index is 5.01. The number of rotatable bonds is 6. The topological polar surface area (TPSA) is 9.23 Å². The monoisotopic (exact) mass is 348 g/mol.